The Labute approximate surface area is 131 Å². The second-order valence-electron chi connectivity index (χ2n) is 5.05. The summed E-state index contributed by atoms with van der Waals surface area (Å²) in [6.07, 6.45) is 2.65. The maximum atomic E-state index is 11.7. The number of rotatable bonds is 2. The van der Waals surface area contributed by atoms with Crippen LogP contribution in [0.2, 0.25) is 5.02 Å². The normalized spacial score (nSPS) is 24.0. The molecule has 2 amide bonds. The lowest BCUT2D eigenvalue weighted by molar-refractivity contribution is -0.115. The van der Waals surface area contributed by atoms with Gasteiger partial charge in [0.2, 0.25) is 0 Å². The molecule has 2 heterocycles. The zero-order chi connectivity index (χ0) is 15.0. The number of carbonyl (C=O) groups excluding carboxylic acids is 2. The third-order valence-electron chi connectivity index (χ3n) is 3.49. The highest BCUT2D eigenvalue weighted by Crippen LogP contribution is 2.32. The summed E-state index contributed by atoms with van der Waals surface area (Å²) >= 11 is 6.99. The van der Waals surface area contributed by atoms with Crippen LogP contribution in [0.25, 0.3) is 6.08 Å². The summed E-state index contributed by atoms with van der Waals surface area (Å²) in [5.41, 5.74) is 7.75. The Morgan fingerprint density at radius 1 is 1.43 bits per heavy atom. The van der Waals surface area contributed by atoms with Crippen LogP contribution < -0.4 is 16.0 Å². The molecule has 0 radical (unpaired) electrons. The molecule has 21 heavy (non-hydrogen) atoms. The van der Waals surface area contributed by atoms with Gasteiger partial charge in [0.25, 0.3) is 11.1 Å². The fourth-order valence-electron chi connectivity index (χ4n) is 2.48. The predicted octanol–water partition coefficient (Wildman–Crippen LogP) is 2.20. The van der Waals surface area contributed by atoms with E-state index in [1.807, 2.05) is 12.1 Å². The summed E-state index contributed by atoms with van der Waals surface area (Å²) in [6.45, 7) is 1.62. The van der Waals surface area contributed by atoms with Gasteiger partial charge in [-0.05, 0) is 42.0 Å². The van der Waals surface area contributed by atoms with Crippen LogP contribution in [0.4, 0.5) is 10.5 Å². The molecule has 2 aliphatic rings. The number of nitrogens with one attached hydrogen (secondary N) is 1. The van der Waals surface area contributed by atoms with E-state index in [9.17, 15) is 9.59 Å². The molecule has 110 valence electrons. The molecule has 3 rings (SSSR count). The van der Waals surface area contributed by atoms with E-state index in [1.165, 1.54) is 0 Å². The van der Waals surface area contributed by atoms with Gasteiger partial charge in [-0.25, -0.2) is 0 Å². The first kappa shape index (κ1) is 14.4. The molecule has 1 atom stereocenters. The van der Waals surface area contributed by atoms with E-state index in [0.29, 0.717) is 9.93 Å². The van der Waals surface area contributed by atoms with Gasteiger partial charge in [0.1, 0.15) is 0 Å². The van der Waals surface area contributed by atoms with Crippen molar-refractivity contribution in [1.29, 1.82) is 0 Å². The number of halogens is 1. The van der Waals surface area contributed by atoms with Crippen LogP contribution in [0.15, 0.2) is 23.1 Å². The number of nitrogens with two attached hydrogens (primary N) is 1. The number of imide groups is 1. The van der Waals surface area contributed by atoms with E-state index in [4.69, 9.17) is 17.3 Å². The average Bonchev–Trinajstić information content (AvgIpc) is 2.98. The van der Waals surface area contributed by atoms with Gasteiger partial charge < -0.3 is 10.6 Å². The maximum absolute atomic E-state index is 11.7. The average molecular weight is 324 g/mol. The molecule has 1 aromatic rings. The third kappa shape index (κ3) is 3.07. The summed E-state index contributed by atoms with van der Waals surface area (Å²) in [7, 11) is 0. The number of thioether (sulfide) groups is 1. The standard InChI is InChI=1S/C14H14ClN3O2S/c15-9-2-1-8(5-12-13(19)17-14(20)21-12)11(6-9)18-4-3-10(16)7-18/h1-2,5-6,10H,3-4,7,16H2,(H,17,19,20)/t10-/m0/s1. The molecule has 2 fully saturated rings. The fourth-order valence-corrected chi connectivity index (χ4v) is 3.32. The zero-order valence-electron chi connectivity index (χ0n) is 11.1. The fraction of sp³-hybridized carbons (Fsp3) is 0.286. The van der Waals surface area contributed by atoms with Crippen LogP contribution in [0.5, 0.6) is 0 Å². The van der Waals surface area contributed by atoms with Crippen LogP contribution in [0.1, 0.15) is 12.0 Å². The first-order valence-corrected chi connectivity index (χ1v) is 7.77. The molecule has 7 heteroatoms. The number of hydrogen-bond acceptors (Lipinski definition) is 5. The number of carbonyl (C=O) groups is 2. The molecule has 2 saturated heterocycles. The topological polar surface area (TPSA) is 75.4 Å². The van der Waals surface area contributed by atoms with Crippen LogP contribution in [0.3, 0.4) is 0 Å². The lowest BCUT2D eigenvalue weighted by Crippen LogP contribution is -2.26. The summed E-state index contributed by atoms with van der Waals surface area (Å²) in [6, 6.07) is 5.64. The first-order valence-electron chi connectivity index (χ1n) is 6.58. The third-order valence-corrected chi connectivity index (χ3v) is 4.53. The number of hydrogen-bond donors (Lipinski definition) is 2. The van der Waals surface area contributed by atoms with Crippen LogP contribution in [-0.2, 0) is 4.79 Å². The van der Waals surface area contributed by atoms with Gasteiger partial charge in [-0.3, -0.25) is 14.9 Å². The summed E-state index contributed by atoms with van der Waals surface area (Å²) in [5.74, 6) is -0.357. The van der Waals surface area contributed by atoms with Gasteiger partial charge in [0.15, 0.2) is 0 Å². The molecule has 2 aliphatic heterocycles. The lowest BCUT2D eigenvalue weighted by Gasteiger charge is -2.21. The Morgan fingerprint density at radius 3 is 2.86 bits per heavy atom. The molecule has 0 unspecified atom stereocenters. The van der Waals surface area contributed by atoms with E-state index in [2.05, 4.69) is 10.2 Å². The van der Waals surface area contributed by atoms with Crippen molar-refractivity contribution in [2.24, 2.45) is 5.73 Å². The minimum Gasteiger partial charge on any atom is -0.369 e. The molecular weight excluding hydrogens is 310 g/mol. The molecule has 0 bridgehead atoms. The van der Waals surface area contributed by atoms with E-state index >= 15 is 0 Å². The minimum absolute atomic E-state index is 0.148. The van der Waals surface area contributed by atoms with Gasteiger partial charge in [-0.15, -0.1) is 0 Å². The van der Waals surface area contributed by atoms with E-state index in [0.717, 1.165) is 42.5 Å². The Bertz CT molecular complexity index is 647. The molecule has 0 aliphatic carbocycles. The van der Waals surface area contributed by atoms with Crippen LogP contribution in [-0.4, -0.2) is 30.3 Å². The highest BCUT2D eigenvalue weighted by atomic mass is 35.5. The molecule has 0 spiro atoms. The SMILES string of the molecule is N[C@H]1CCN(c2cc(Cl)ccc2C=C2SC(=O)NC2=O)C1. The van der Waals surface area contributed by atoms with E-state index in [-0.39, 0.29) is 17.2 Å². The monoisotopic (exact) mass is 323 g/mol. The molecule has 0 saturated carbocycles. The quantitative estimate of drug-likeness (QED) is 0.816. The summed E-state index contributed by atoms with van der Waals surface area (Å²) in [4.78, 5) is 25.4. The van der Waals surface area contributed by atoms with Crippen molar-refractivity contribution in [2.75, 3.05) is 18.0 Å². The van der Waals surface area contributed by atoms with Gasteiger partial charge in [-0.2, -0.15) is 0 Å². The summed E-state index contributed by atoms with van der Waals surface area (Å²) in [5, 5.41) is 2.54. The van der Waals surface area contributed by atoms with Gasteiger partial charge >= 0.3 is 0 Å². The van der Waals surface area contributed by atoms with Crippen molar-refractivity contribution >= 4 is 46.3 Å². The Morgan fingerprint density at radius 2 is 2.24 bits per heavy atom. The summed E-state index contributed by atoms with van der Waals surface area (Å²) < 4.78 is 0. The molecule has 5 nitrogen and oxygen atoms in total. The highest BCUT2D eigenvalue weighted by Gasteiger charge is 2.26. The Kier molecular flexibility index (Phi) is 3.93. The smallest absolute Gasteiger partial charge is 0.290 e. The Balaban J connectivity index is 1.97. The van der Waals surface area contributed by atoms with Gasteiger partial charge in [0, 0.05) is 29.8 Å². The van der Waals surface area contributed by atoms with Crippen molar-refractivity contribution in [3.8, 4) is 0 Å². The van der Waals surface area contributed by atoms with Crippen molar-refractivity contribution in [3.63, 3.8) is 0 Å². The molecular formula is C14H14ClN3O2S. The Hall–Kier alpha value is -1.50. The molecule has 0 aromatic heterocycles. The van der Waals surface area contributed by atoms with Gasteiger partial charge in [-0.1, -0.05) is 17.7 Å². The minimum atomic E-state index is -0.357. The second-order valence-corrected chi connectivity index (χ2v) is 6.50. The van der Waals surface area contributed by atoms with Crippen molar-refractivity contribution < 1.29 is 9.59 Å². The van der Waals surface area contributed by atoms with Crippen LogP contribution >= 0.6 is 23.4 Å². The number of amides is 2. The van der Waals surface area contributed by atoms with E-state index in [1.54, 1.807) is 12.1 Å². The number of nitrogens with zero attached hydrogens (tertiary/aromatic N) is 1. The van der Waals surface area contributed by atoms with Gasteiger partial charge in [0.05, 0.1) is 4.91 Å². The number of anilines is 1. The molecule has 1 aromatic carbocycles. The lowest BCUT2D eigenvalue weighted by atomic mass is 10.1. The van der Waals surface area contributed by atoms with Crippen LogP contribution in [0, 0.1) is 0 Å². The van der Waals surface area contributed by atoms with Crippen molar-refractivity contribution in [1.82, 2.24) is 5.32 Å². The number of benzene rings is 1. The largest absolute Gasteiger partial charge is 0.369 e. The second kappa shape index (κ2) is 5.71. The zero-order valence-corrected chi connectivity index (χ0v) is 12.7. The van der Waals surface area contributed by atoms with Crippen molar-refractivity contribution in [2.45, 2.75) is 12.5 Å². The van der Waals surface area contributed by atoms with E-state index < -0.39 is 0 Å². The maximum Gasteiger partial charge on any atom is 0.290 e. The first-order chi connectivity index (χ1) is 10.0. The predicted molar refractivity (Wildman–Crippen MR) is 85.4 cm³/mol. The molecule has 3 N–H and O–H groups in total. The van der Waals surface area contributed by atoms with Crippen molar-refractivity contribution in [3.05, 3.63) is 33.7 Å². The highest BCUT2D eigenvalue weighted by molar-refractivity contribution is 8.18.